The van der Waals surface area contributed by atoms with Crippen LogP contribution in [-0.2, 0) is 0 Å². The van der Waals surface area contributed by atoms with Gasteiger partial charge < -0.3 is 19.6 Å². The van der Waals surface area contributed by atoms with Crippen LogP contribution in [0.15, 0.2) is 205 Å². The third-order valence-electron chi connectivity index (χ3n) is 10.3. The Balaban J connectivity index is 0.000000196. The summed E-state index contributed by atoms with van der Waals surface area (Å²) < 4.78 is 13.2. The van der Waals surface area contributed by atoms with E-state index in [0.29, 0.717) is 0 Å². The van der Waals surface area contributed by atoms with Crippen LogP contribution in [-0.4, -0.2) is 5.11 Å². The standard InChI is InChI=1S/C35H25NO2.C19H19NO/c1-23-13-6-7-16-26(23)33(34-24(2)27-17-8-10-21-31(27)37-34)36-29-19-9-11-22-32(29)38-35-28(18-12-20-30(35)36)25-14-4-3-5-15-25;1-15(8-5-6-13-21)17-10-7-11-18(14-17)20-19-12-4-3-9-16(19)2/h3-22H,2H2,1H3;3-14,20-21H,1H2,2H3/b34-33-;8-5-,13-6-. The minimum absolute atomic E-state index is 0.744. The molecule has 5 heteroatoms. The molecule has 2 heterocycles. The van der Waals surface area contributed by atoms with Crippen molar-refractivity contribution in [2.75, 3.05) is 10.2 Å². The second-order valence-electron chi connectivity index (χ2n) is 14.2. The first-order valence-corrected chi connectivity index (χ1v) is 19.5. The number of aryl methyl sites for hydroxylation is 2. The lowest BCUT2D eigenvalue weighted by molar-refractivity contribution is 0.473. The Hall–Kier alpha value is -7.76. The van der Waals surface area contributed by atoms with Crippen LogP contribution >= 0.6 is 0 Å². The fraction of sp³-hybridized carbons (Fsp3) is 0.0370. The summed E-state index contributed by atoms with van der Waals surface area (Å²) in [7, 11) is 0. The Bertz CT molecular complexity index is 2980. The van der Waals surface area contributed by atoms with E-state index in [2.05, 4.69) is 134 Å². The quantitative estimate of drug-likeness (QED) is 0.119. The summed E-state index contributed by atoms with van der Waals surface area (Å²) in [5.41, 5.74) is 14.0. The molecule has 5 nitrogen and oxygen atoms in total. The van der Waals surface area contributed by atoms with Crippen molar-refractivity contribution in [3.05, 3.63) is 234 Å². The zero-order valence-electron chi connectivity index (χ0n) is 33.1. The summed E-state index contributed by atoms with van der Waals surface area (Å²) in [6.07, 6.45) is 6.17. The minimum atomic E-state index is 0.744. The average molecular weight is 769 g/mol. The third kappa shape index (κ3) is 7.95. The maximum absolute atomic E-state index is 8.61. The maximum Gasteiger partial charge on any atom is 0.159 e. The number of nitrogens with one attached hydrogen (secondary N) is 1. The molecule has 1 aromatic heterocycles. The topological polar surface area (TPSA) is 57.9 Å². The van der Waals surface area contributed by atoms with Gasteiger partial charge >= 0.3 is 0 Å². The van der Waals surface area contributed by atoms with Gasteiger partial charge in [0, 0.05) is 33.1 Å². The van der Waals surface area contributed by atoms with Gasteiger partial charge in [-0.2, -0.15) is 0 Å². The summed E-state index contributed by atoms with van der Waals surface area (Å²) in [5.74, 6) is 1.60. The highest BCUT2D eigenvalue weighted by molar-refractivity contribution is 5.97. The summed E-state index contributed by atoms with van der Waals surface area (Å²) in [4.78, 5) is 2.27. The molecule has 0 unspecified atom stereocenters. The van der Waals surface area contributed by atoms with Gasteiger partial charge in [0.2, 0.25) is 0 Å². The molecule has 59 heavy (non-hydrogen) atoms. The molecular weight excluding hydrogens is 725 g/mol. The largest absolute Gasteiger partial charge is 0.516 e. The number of anilines is 4. The van der Waals surface area contributed by atoms with Crippen LogP contribution in [0.25, 0.3) is 39.9 Å². The number of hydrogen-bond acceptors (Lipinski definition) is 5. The van der Waals surface area contributed by atoms with Gasteiger partial charge in [-0.15, -0.1) is 0 Å². The van der Waals surface area contributed by atoms with E-state index >= 15 is 0 Å². The average Bonchev–Trinajstić information content (AvgIpc) is 3.60. The van der Waals surface area contributed by atoms with Gasteiger partial charge in [-0.25, -0.2) is 0 Å². The zero-order chi connectivity index (χ0) is 40.7. The van der Waals surface area contributed by atoms with E-state index in [1.165, 1.54) is 5.56 Å². The number of ether oxygens (including phenoxy) is 1. The van der Waals surface area contributed by atoms with Crippen molar-refractivity contribution in [3.8, 4) is 22.6 Å². The number of benzene rings is 7. The van der Waals surface area contributed by atoms with Crippen LogP contribution in [0, 0.1) is 13.8 Å². The molecular formula is C54H44N2O3. The molecule has 0 aliphatic carbocycles. The molecule has 1 aliphatic rings. The van der Waals surface area contributed by atoms with E-state index in [0.717, 1.165) is 101 Å². The summed E-state index contributed by atoms with van der Waals surface area (Å²) in [6.45, 7) is 12.7. The smallest absolute Gasteiger partial charge is 0.159 e. The first-order valence-electron chi connectivity index (χ1n) is 19.5. The highest BCUT2D eigenvalue weighted by atomic mass is 16.5. The summed E-state index contributed by atoms with van der Waals surface area (Å²) >= 11 is 0. The Morgan fingerprint density at radius 1 is 0.678 bits per heavy atom. The molecule has 0 saturated carbocycles. The number of hydrogen-bond donors (Lipinski definition) is 2. The Labute approximate surface area is 345 Å². The van der Waals surface area contributed by atoms with Crippen molar-refractivity contribution in [2.24, 2.45) is 0 Å². The molecule has 8 aromatic rings. The first kappa shape index (κ1) is 38.1. The van der Waals surface area contributed by atoms with Crippen molar-refractivity contribution in [1.82, 2.24) is 0 Å². The number of nitrogens with zero attached hydrogens (tertiary/aromatic N) is 1. The molecule has 0 fully saturated rings. The normalized spacial score (nSPS) is 12.3. The van der Waals surface area contributed by atoms with E-state index in [1.54, 1.807) is 12.2 Å². The van der Waals surface area contributed by atoms with Crippen LogP contribution in [0.1, 0.15) is 22.3 Å². The third-order valence-corrected chi connectivity index (χ3v) is 10.3. The molecule has 0 amide bonds. The zero-order valence-corrected chi connectivity index (χ0v) is 33.1. The van der Waals surface area contributed by atoms with Gasteiger partial charge in [-0.3, -0.25) is 4.90 Å². The van der Waals surface area contributed by atoms with Gasteiger partial charge in [0.05, 0.1) is 23.3 Å². The Morgan fingerprint density at radius 2 is 1.37 bits per heavy atom. The van der Waals surface area contributed by atoms with Crippen molar-refractivity contribution in [2.45, 2.75) is 13.8 Å². The fourth-order valence-corrected chi connectivity index (χ4v) is 7.32. The molecule has 0 atom stereocenters. The molecule has 0 spiro atoms. The minimum Gasteiger partial charge on any atom is -0.516 e. The van der Waals surface area contributed by atoms with Crippen LogP contribution in [0.4, 0.5) is 22.7 Å². The molecule has 288 valence electrons. The van der Waals surface area contributed by atoms with Crippen LogP contribution in [0.5, 0.6) is 11.5 Å². The van der Waals surface area contributed by atoms with Gasteiger partial charge in [-0.05, 0) is 90.2 Å². The lowest BCUT2D eigenvalue weighted by atomic mass is 9.98. The van der Waals surface area contributed by atoms with Crippen molar-refractivity contribution >= 4 is 51.6 Å². The van der Waals surface area contributed by atoms with Crippen LogP contribution < -0.4 is 25.6 Å². The van der Waals surface area contributed by atoms with Crippen molar-refractivity contribution in [1.29, 1.82) is 0 Å². The SMILES string of the molecule is C=C(/C=C\C=C/O)c1cccc(Nc2ccccc2C)c1.C=c1/c(=C(\c2ccccc2C)N2c3ccccc3Oc3c(-c4ccccc4)cccc32)oc2ccccc12. The van der Waals surface area contributed by atoms with E-state index in [1.807, 2.05) is 78.9 Å². The summed E-state index contributed by atoms with van der Waals surface area (Å²) in [5, 5.41) is 13.9. The second kappa shape index (κ2) is 17.2. The fourth-order valence-electron chi connectivity index (χ4n) is 7.32. The van der Waals surface area contributed by atoms with Gasteiger partial charge in [0.15, 0.2) is 16.9 Å². The molecule has 0 saturated heterocycles. The molecule has 7 aromatic carbocycles. The predicted molar refractivity (Wildman–Crippen MR) is 246 cm³/mol. The highest BCUT2D eigenvalue weighted by Gasteiger charge is 2.31. The van der Waals surface area contributed by atoms with Gasteiger partial charge in [0.1, 0.15) is 5.58 Å². The molecule has 9 rings (SSSR count). The maximum atomic E-state index is 8.61. The van der Waals surface area contributed by atoms with Crippen LogP contribution in [0.2, 0.25) is 0 Å². The number of para-hydroxylation sites is 5. The Kier molecular flexibility index (Phi) is 11.1. The van der Waals surface area contributed by atoms with E-state index < -0.39 is 0 Å². The number of furan rings is 1. The van der Waals surface area contributed by atoms with E-state index in [4.69, 9.17) is 14.3 Å². The second-order valence-corrected chi connectivity index (χ2v) is 14.2. The number of allylic oxidation sites excluding steroid dienone is 4. The first-order chi connectivity index (χ1) is 28.9. The van der Waals surface area contributed by atoms with E-state index in [-0.39, 0.29) is 0 Å². The Morgan fingerprint density at radius 3 is 2.17 bits per heavy atom. The predicted octanol–water partition coefficient (Wildman–Crippen LogP) is 13.3. The summed E-state index contributed by atoms with van der Waals surface area (Å²) in [6, 6.07) is 57.6. The molecule has 0 bridgehead atoms. The number of aliphatic hydroxyl groups excluding tert-OH is 1. The van der Waals surface area contributed by atoms with Gasteiger partial charge in [-0.1, -0.05) is 153 Å². The number of rotatable bonds is 8. The lowest BCUT2D eigenvalue weighted by Gasteiger charge is -2.35. The molecule has 0 radical (unpaired) electrons. The number of aliphatic hydroxyl groups is 1. The lowest BCUT2D eigenvalue weighted by Crippen LogP contribution is -2.32. The van der Waals surface area contributed by atoms with E-state index in [9.17, 15) is 0 Å². The molecule has 2 N–H and O–H groups in total. The number of fused-ring (bicyclic) bond motifs is 3. The van der Waals surface area contributed by atoms with Crippen molar-refractivity contribution in [3.63, 3.8) is 0 Å². The van der Waals surface area contributed by atoms with Crippen molar-refractivity contribution < 1.29 is 14.3 Å². The van der Waals surface area contributed by atoms with Gasteiger partial charge in [0.25, 0.3) is 0 Å². The highest BCUT2D eigenvalue weighted by Crippen LogP contribution is 2.53. The molecule has 1 aliphatic heterocycles. The van der Waals surface area contributed by atoms with Crippen LogP contribution in [0.3, 0.4) is 0 Å². The monoisotopic (exact) mass is 768 g/mol.